The van der Waals surface area contributed by atoms with Crippen LogP contribution in [0.15, 0.2) is 36.7 Å². The lowest BCUT2D eigenvalue weighted by Crippen LogP contribution is -2.39. The van der Waals surface area contributed by atoms with Crippen LogP contribution in [0.3, 0.4) is 0 Å². The number of alkyl halides is 3. The molecule has 1 saturated carbocycles. The van der Waals surface area contributed by atoms with Crippen molar-refractivity contribution in [2.45, 2.75) is 49.9 Å². The summed E-state index contributed by atoms with van der Waals surface area (Å²) in [6.07, 6.45) is 2.98. The van der Waals surface area contributed by atoms with E-state index in [1.807, 2.05) is 0 Å². The van der Waals surface area contributed by atoms with Crippen molar-refractivity contribution in [2.75, 3.05) is 26.2 Å². The van der Waals surface area contributed by atoms with Gasteiger partial charge in [0.2, 0.25) is 5.88 Å². The zero-order valence-electron chi connectivity index (χ0n) is 17.6. The second-order valence-corrected chi connectivity index (χ2v) is 8.86. The number of amides is 1. The van der Waals surface area contributed by atoms with Crippen molar-refractivity contribution in [2.24, 2.45) is 0 Å². The lowest BCUT2D eigenvalue weighted by Gasteiger charge is -2.25. The first-order chi connectivity index (χ1) is 15.4. The third-order valence-electron chi connectivity index (χ3n) is 6.47. The molecule has 0 unspecified atom stereocenters. The zero-order chi connectivity index (χ0) is 22.3. The Balaban J connectivity index is 1.20. The van der Waals surface area contributed by atoms with Crippen LogP contribution in [0.1, 0.15) is 53.2 Å². The van der Waals surface area contributed by atoms with E-state index in [1.165, 1.54) is 25.0 Å². The van der Waals surface area contributed by atoms with E-state index in [1.54, 1.807) is 17.3 Å². The molecule has 170 valence electrons. The van der Waals surface area contributed by atoms with Crippen LogP contribution in [0, 0.1) is 0 Å². The number of hydrogen-bond donors (Lipinski definition) is 0. The average Bonchev–Trinajstić information content (AvgIpc) is 3.58. The van der Waals surface area contributed by atoms with Crippen molar-refractivity contribution in [3.63, 3.8) is 0 Å². The van der Waals surface area contributed by atoms with Gasteiger partial charge in [0, 0.05) is 50.1 Å². The molecule has 3 heterocycles. The van der Waals surface area contributed by atoms with E-state index in [0.717, 1.165) is 43.8 Å². The molecule has 3 aliphatic rings. The Morgan fingerprint density at radius 3 is 2.47 bits per heavy atom. The molecular weight excluding hydrogens is 421 g/mol. The van der Waals surface area contributed by atoms with Gasteiger partial charge in [0.05, 0.1) is 23.7 Å². The highest BCUT2D eigenvalue weighted by Gasteiger charge is 2.37. The Morgan fingerprint density at radius 2 is 1.81 bits per heavy atom. The molecule has 0 spiro atoms. The van der Waals surface area contributed by atoms with Crippen molar-refractivity contribution in [1.29, 1.82) is 0 Å². The summed E-state index contributed by atoms with van der Waals surface area (Å²) in [7, 11) is 0. The average molecular weight is 446 g/mol. The van der Waals surface area contributed by atoms with Crippen LogP contribution < -0.4 is 4.74 Å². The van der Waals surface area contributed by atoms with Gasteiger partial charge in [-0.3, -0.25) is 14.7 Å². The number of benzene rings is 1. The Bertz CT molecular complexity index is 961. The lowest BCUT2D eigenvalue weighted by atomic mass is 10.1. The minimum absolute atomic E-state index is 0.0257. The number of fused-ring (bicyclic) bond motifs is 1. The summed E-state index contributed by atoms with van der Waals surface area (Å²) in [6.45, 7) is 2.74. The highest BCUT2D eigenvalue weighted by atomic mass is 19.4. The zero-order valence-corrected chi connectivity index (χ0v) is 17.6. The van der Waals surface area contributed by atoms with Gasteiger partial charge in [-0.2, -0.15) is 13.2 Å². The first kappa shape index (κ1) is 21.2. The number of halogens is 3. The van der Waals surface area contributed by atoms with Crippen LogP contribution in [-0.4, -0.2) is 64.0 Å². The van der Waals surface area contributed by atoms with Crippen molar-refractivity contribution in [3.05, 3.63) is 53.5 Å². The van der Waals surface area contributed by atoms with Crippen LogP contribution in [0.5, 0.6) is 5.88 Å². The largest absolute Gasteiger partial charge is 0.472 e. The highest BCUT2D eigenvalue weighted by molar-refractivity contribution is 5.94. The van der Waals surface area contributed by atoms with Crippen molar-refractivity contribution >= 4 is 5.91 Å². The van der Waals surface area contributed by atoms with Gasteiger partial charge in [-0.25, -0.2) is 4.98 Å². The van der Waals surface area contributed by atoms with Crippen molar-refractivity contribution < 1.29 is 22.7 Å². The van der Waals surface area contributed by atoms with Gasteiger partial charge in [0.15, 0.2) is 0 Å². The Labute approximate surface area is 184 Å². The second kappa shape index (κ2) is 8.35. The van der Waals surface area contributed by atoms with E-state index in [-0.39, 0.29) is 23.6 Å². The summed E-state index contributed by atoms with van der Waals surface area (Å²) in [5, 5.41) is 0. The molecule has 9 heteroatoms. The Kier molecular flexibility index (Phi) is 5.53. The van der Waals surface area contributed by atoms with Gasteiger partial charge in [-0.15, -0.1) is 0 Å². The predicted molar refractivity (Wildman–Crippen MR) is 110 cm³/mol. The van der Waals surface area contributed by atoms with E-state index in [9.17, 15) is 18.0 Å². The van der Waals surface area contributed by atoms with E-state index in [2.05, 4.69) is 14.9 Å². The van der Waals surface area contributed by atoms with Crippen LogP contribution in [-0.2, 0) is 6.18 Å². The monoisotopic (exact) mass is 446 g/mol. The fourth-order valence-corrected chi connectivity index (χ4v) is 4.61. The Hall–Kier alpha value is -2.68. The molecule has 1 aliphatic carbocycles. The summed E-state index contributed by atoms with van der Waals surface area (Å²) < 4.78 is 44.5. The molecule has 1 aromatic heterocycles. The summed E-state index contributed by atoms with van der Waals surface area (Å²) in [5.74, 6) is 0.843. The minimum atomic E-state index is -4.41. The maximum absolute atomic E-state index is 12.9. The topological polar surface area (TPSA) is 58.6 Å². The number of carbonyl (C=O) groups excluding carboxylic acids is 1. The van der Waals surface area contributed by atoms with E-state index in [4.69, 9.17) is 4.74 Å². The summed E-state index contributed by atoms with van der Waals surface area (Å²) >= 11 is 0. The van der Waals surface area contributed by atoms with Crippen LogP contribution >= 0.6 is 0 Å². The molecule has 2 saturated heterocycles. The SMILES string of the molecule is O=C(c1ccc(C(F)(F)F)cc1)N1CCCN2C[C@@H](Oc3cnc(C4CC4)cn3)C[C@H]2C1. The van der Waals surface area contributed by atoms with Gasteiger partial charge >= 0.3 is 6.18 Å². The lowest BCUT2D eigenvalue weighted by molar-refractivity contribution is -0.137. The number of rotatable bonds is 4. The molecule has 2 atom stereocenters. The summed E-state index contributed by atoms with van der Waals surface area (Å²) in [6, 6.07) is 4.61. The van der Waals surface area contributed by atoms with Gasteiger partial charge in [0.25, 0.3) is 5.91 Å². The van der Waals surface area contributed by atoms with Gasteiger partial charge in [0.1, 0.15) is 6.10 Å². The van der Waals surface area contributed by atoms with Crippen LogP contribution in [0.4, 0.5) is 13.2 Å². The fourth-order valence-electron chi connectivity index (χ4n) is 4.61. The van der Waals surface area contributed by atoms with Crippen LogP contribution in [0.25, 0.3) is 0 Å². The van der Waals surface area contributed by atoms with E-state index < -0.39 is 11.7 Å². The standard InChI is InChI=1S/C23H25F3N4O2/c24-23(25,26)17-6-4-16(5-7-17)22(31)30-9-1-8-29-14-19(10-18(29)13-30)32-21-12-27-20(11-28-21)15-2-3-15/h4-7,11-12,15,18-19H,1-3,8-10,13-14H2/t18-,19-/m0/s1. The molecule has 5 rings (SSSR count). The van der Waals surface area contributed by atoms with Gasteiger partial charge in [-0.1, -0.05) is 0 Å². The molecule has 3 fully saturated rings. The molecule has 32 heavy (non-hydrogen) atoms. The Morgan fingerprint density at radius 1 is 1.03 bits per heavy atom. The smallest absolute Gasteiger partial charge is 0.416 e. The van der Waals surface area contributed by atoms with Crippen LogP contribution in [0.2, 0.25) is 0 Å². The number of hydrogen-bond acceptors (Lipinski definition) is 5. The van der Waals surface area contributed by atoms with E-state index in [0.29, 0.717) is 24.9 Å². The summed E-state index contributed by atoms with van der Waals surface area (Å²) in [5.41, 5.74) is 0.554. The predicted octanol–water partition coefficient (Wildman–Crippen LogP) is 3.74. The number of ether oxygens (including phenoxy) is 1. The third kappa shape index (κ3) is 4.57. The first-order valence-electron chi connectivity index (χ1n) is 11.1. The molecule has 2 aromatic rings. The molecular formula is C23H25F3N4O2. The van der Waals surface area contributed by atoms with Gasteiger partial charge < -0.3 is 9.64 Å². The third-order valence-corrected chi connectivity index (χ3v) is 6.47. The maximum Gasteiger partial charge on any atom is 0.416 e. The second-order valence-electron chi connectivity index (χ2n) is 8.86. The van der Waals surface area contributed by atoms with E-state index >= 15 is 0 Å². The summed E-state index contributed by atoms with van der Waals surface area (Å²) in [4.78, 5) is 25.9. The molecule has 0 radical (unpaired) electrons. The quantitative estimate of drug-likeness (QED) is 0.716. The fraction of sp³-hybridized carbons (Fsp3) is 0.522. The molecule has 6 nitrogen and oxygen atoms in total. The number of aromatic nitrogens is 2. The first-order valence-corrected chi connectivity index (χ1v) is 11.1. The maximum atomic E-state index is 12.9. The molecule has 0 bridgehead atoms. The van der Waals surface area contributed by atoms with Crippen molar-refractivity contribution in [3.8, 4) is 5.88 Å². The number of nitrogens with zero attached hydrogens (tertiary/aromatic N) is 4. The van der Waals surface area contributed by atoms with Crippen molar-refractivity contribution in [1.82, 2.24) is 19.8 Å². The molecule has 1 aromatic carbocycles. The molecule has 2 aliphatic heterocycles. The number of carbonyl (C=O) groups is 1. The van der Waals surface area contributed by atoms with Gasteiger partial charge in [-0.05, 0) is 43.5 Å². The molecule has 1 amide bonds. The minimum Gasteiger partial charge on any atom is -0.472 e. The molecule has 0 N–H and O–H groups in total. The highest BCUT2D eigenvalue weighted by Crippen LogP contribution is 2.38. The normalized spacial score (nSPS) is 24.2.